The number of nitrogens with zero attached hydrogens (tertiary/aromatic N) is 2. The molecule has 0 aliphatic carbocycles. The Labute approximate surface area is 112 Å². The van der Waals surface area contributed by atoms with Gasteiger partial charge in [-0.05, 0) is 18.4 Å². The number of carbonyl (C=O) groups is 1. The first-order valence-electron chi connectivity index (χ1n) is 6.17. The first kappa shape index (κ1) is 14.1. The number of carboxylic acid groups (broad SMARTS) is 1. The smallest absolute Gasteiger partial charge is 0.306 e. The van der Waals surface area contributed by atoms with Crippen LogP contribution in [0.2, 0.25) is 0 Å². The molecule has 1 aromatic rings. The van der Waals surface area contributed by atoms with Crippen LogP contribution in [0.5, 0.6) is 0 Å². The van der Waals surface area contributed by atoms with Crippen LogP contribution in [0.25, 0.3) is 0 Å². The normalized spacial score (nSPS) is 25.4. The zero-order chi connectivity index (χ0) is 14.2. The summed E-state index contributed by atoms with van der Waals surface area (Å²) in [6.07, 6.45) is 3.60. The van der Waals surface area contributed by atoms with E-state index in [4.69, 9.17) is 5.11 Å². The van der Waals surface area contributed by atoms with Gasteiger partial charge in [0.05, 0.1) is 10.8 Å². The molecule has 1 saturated heterocycles. The Balaban J connectivity index is 2.18. The molecule has 7 heteroatoms. The van der Waals surface area contributed by atoms with Crippen molar-refractivity contribution in [3.8, 4) is 0 Å². The lowest BCUT2D eigenvalue weighted by Crippen LogP contribution is -2.44. The number of piperidine rings is 1. The lowest BCUT2D eigenvalue weighted by molar-refractivity contribution is -0.144. The fourth-order valence-corrected chi connectivity index (χ4v) is 4.08. The molecule has 0 spiro atoms. The summed E-state index contributed by atoms with van der Waals surface area (Å²) in [4.78, 5) is 11.3. The summed E-state index contributed by atoms with van der Waals surface area (Å²) in [5, 5.41) is 9.05. The SMILES string of the molecule is CC1CN(S(=O)(=O)c2ccn(C)c2)CCC1C(=O)O. The van der Waals surface area contributed by atoms with E-state index in [1.165, 1.54) is 4.31 Å². The Morgan fingerprint density at radius 2 is 2.16 bits per heavy atom. The summed E-state index contributed by atoms with van der Waals surface area (Å²) >= 11 is 0. The van der Waals surface area contributed by atoms with E-state index in [9.17, 15) is 13.2 Å². The second kappa shape index (κ2) is 4.97. The molecule has 2 atom stereocenters. The van der Waals surface area contributed by atoms with E-state index in [0.29, 0.717) is 6.42 Å². The van der Waals surface area contributed by atoms with Gasteiger partial charge in [0.15, 0.2) is 0 Å². The molecule has 0 amide bonds. The molecule has 1 aliphatic heterocycles. The predicted molar refractivity (Wildman–Crippen MR) is 69.1 cm³/mol. The largest absolute Gasteiger partial charge is 0.481 e. The van der Waals surface area contributed by atoms with Gasteiger partial charge in [-0.15, -0.1) is 0 Å². The van der Waals surface area contributed by atoms with Gasteiger partial charge in [0.1, 0.15) is 0 Å². The molecule has 2 heterocycles. The molecule has 1 fully saturated rings. The van der Waals surface area contributed by atoms with Gasteiger partial charge in [-0.1, -0.05) is 6.92 Å². The monoisotopic (exact) mass is 286 g/mol. The zero-order valence-electron chi connectivity index (χ0n) is 11.0. The molecule has 1 aliphatic rings. The highest BCUT2D eigenvalue weighted by atomic mass is 32.2. The van der Waals surface area contributed by atoms with Crippen LogP contribution in [0.4, 0.5) is 0 Å². The van der Waals surface area contributed by atoms with Gasteiger partial charge in [0.25, 0.3) is 0 Å². The number of rotatable bonds is 3. The van der Waals surface area contributed by atoms with E-state index in [0.717, 1.165) is 0 Å². The van der Waals surface area contributed by atoms with Crippen molar-refractivity contribution in [1.29, 1.82) is 0 Å². The van der Waals surface area contributed by atoms with Crippen molar-refractivity contribution in [3.05, 3.63) is 18.5 Å². The first-order chi connectivity index (χ1) is 8.82. The molecule has 0 aromatic carbocycles. The molecule has 2 unspecified atom stereocenters. The number of carboxylic acids is 1. The summed E-state index contributed by atoms with van der Waals surface area (Å²) in [5.74, 6) is -1.48. The van der Waals surface area contributed by atoms with E-state index >= 15 is 0 Å². The molecule has 0 saturated carbocycles. The molecule has 106 valence electrons. The number of aryl methyl sites for hydroxylation is 1. The molecular weight excluding hydrogens is 268 g/mol. The highest BCUT2D eigenvalue weighted by Gasteiger charge is 2.36. The minimum atomic E-state index is -3.50. The molecule has 1 N–H and O–H groups in total. The van der Waals surface area contributed by atoms with Crippen molar-refractivity contribution < 1.29 is 18.3 Å². The standard InChI is InChI=1S/C12H18N2O4S/c1-9-7-14(6-4-11(9)12(15)16)19(17,18)10-3-5-13(2)8-10/h3,5,8-9,11H,4,6-7H2,1-2H3,(H,15,16). The van der Waals surface area contributed by atoms with Gasteiger partial charge < -0.3 is 9.67 Å². The Bertz CT molecular complexity index is 578. The zero-order valence-corrected chi connectivity index (χ0v) is 11.8. The van der Waals surface area contributed by atoms with Crippen molar-refractivity contribution >= 4 is 16.0 Å². The van der Waals surface area contributed by atoms with Gasteiger partial charge in [-0.2, -0.15) is 4.31 Å². The number of hydrogen-bond acceptors (Lipinski definition) is 3. The van der Waals surface area contributed by atoms with Crippen molar-refractivity contribution in [1.82, 2.24) is 8.87 Å². The van der Waals surface area contributed by atoms with Crippen LogP contribution in [-0.4, -0.2) is 41.5 Å². The van der Waals surface area contributed by atoms with Gasteiger partial charge in [-0.25, -0.2) is 8.42 Å². The van der Waals surface area contributed by atoms with Crippen LogP contribution in [0.15, 0.2) is 23.4 Å². The minimum Gasteiger partial charge on any atom is -0.481 e. The van der Waals surface area contributed by atoms with Crippen LogP contribution in [0.3, 0.4) is 0 Å². The molecule has 1 aromatic heterocycles. The summed E-state index contributed by atoms with van der Waals surface area (Å²) in [7, 11) is -1.74. The highest BCUT2D eigenvalue weighted by Crippen LogP contribution is 2.27. The van der Waals surface area contributed by atoms with E-state index in [1.54, 1.807) is 37.0 Å². The van der Waals surface area contributed by atoms with Crippen LogP contribution in [0.1, 0.15) is 13.3 Å². The van der Waals surface area contributed by atoms with Crippen LogP contribution in [0, 0.1) is 11.8 Å². The van der Waals surface area contributed by atoms with E-state index in [-0.39, 0.29) is 23.9 Å². The van der Waals surface area contributed by atoms with Crippen molar-refractivity contribution in [3.63, 3.8) is 0 Å². The summed E-state index contributed by atoms with van der Waals surface area (Å²) in [6, 6.07) is 1.56. The van der Waals surface area contributed by atoms with Crippen molar-refractivity contribution in [2.24, 2.45) is 18.9 Å². The van der Waals surface area contributed by atoms with Gasteiger partial charge in [0, 0.05) is 32.5 Å². The quantitative estimate of drug-likeness (QED) is 0.889. The van der Waals surface area contributed by atoms with E-state index in [1.807, 2.05) is 0 Å². The summed E-state index contributed by atoms with van der Waals surface area (Å²) in [5.41, 5.74) is 0. The second-order valence-corrected chi connectivity index (χ2v) is 7.02. The Morgan fingerprint density at radius 3 is 2.63 bits per heavy atom. The van der Waals surface area contributed by atoms with E-state index < -0.39 is 21.9 Å². The maximum atomic E-state index is 12.4. The van der Waals surface area contributed by atoms with Crippen molar-refractivity contribution in [2.75, 3.05) is 13.1 Å². The Morgan fingerprint density at radius 1 is 1.47 bits per heavy atom. The summed E-state index contributed by atoms with van der Waals surface area (Å²) < 4.78 is 27.8. The number of aliphatic carboxylic acids is 1. The summed E-state index contributed by atoms with van der Waals surface area (Å²) in [6.45, 7) is 2.30. The van der Waals surface area contributed by atoms with Crippen LogP contribution in [-0.2, 0) is 21.9 Å². The van der Waals surface area contributed by atoms with Crippen LogP contribution < -0.4 is 0 Å². The first-order valence-corrected chi connectivity index (χ1v) is 7.61. The number of aromatic nitrogens is 1. The third-order valence-electron chi connectivity index (χ3n) is 3.63. The average Bonchev–Trinajstić information content (AvgIpc) is 2.76. The highest BCUT2D eigenvalue weighted by molar-refractivity contribution is 7.89. The second-order valence-electron chi connectivity index (χ2n) is 5.09. The predicted octanol–water partition coefficient (Wildman–Crippen LogP) is 0.756. The van der Waals surface area contributed by atoms with Crippen LogP contribution >= 0.6 is 0 Å². The fourth-order valence-electron chi connectivity index (χ4n) is 2.47. The average molecular weight is 286 g/mol. The molecule has 0 bridgehead atoms. The van der Waals surface area contributed by atoms with Crippen molar-refractivity contribution in [2.45, 2.75) is 18.2 Å². The van der Waals surface area contributed by atoms with Gasteiger partial charge >= 0.3 is 5.97 Å². The van der Waals surface area contributed by atoms with Gasteiger partial charge in [-0.3, -0.25) is 4.79 Å². The molecule has 19 heavy (non-hydrogen) atoms. The fraction of sp³-hybridized carbons (Fsp3) is 0.583. The minimum absolute atomic E-state index is 0.176. The number of hydrogen-bond donors (Lipinski definition) is 1. The Kier molecular flexibility index (Phi) is 3.69. The number of sulfonamides is 1. The maximum Gasteiger partial charge on any atom is 0.306 e. The Hall–Kier alpha value is -1.34. The molecule has 6 nitrogen and oxygen atoms in total. The maximum absolute atomic E-state index is 12.4. The molecule has 0 radical (unpaired) electrons. The lowest BCUT2D eigenvalue weighted by atomic mass is 9.88. The topological polar surface area (TPSA) is 79.6 Å². The third kappa shape index (κ3) is 2.66. The molecular formula is C12H18N2O4S. The lowest BCUT2D eigenvalue weighted by Gasteiger charge is -2.33. The van der Waals surface area contributed by atoms with Gasteiger partial charge in [0.2, 0.25) is 10.0 Å². The third-order valence-corrected chi connectivity index (χ3v) is 5.48. The molecule has 2 rings (SSSR count). The van der Waals surface area contributed by atoms with E-state index in [2.05, 4.69) is 0 Å².